The number of hydrogen-bond donors (Lipinski definition) is 2. The van der Waals surface area contributed by atoms with Gasteiger partial charge in [-0.1, -0.05) is 13.0 Å². The first-order valence-electron chi connectivity index (χ1n) is 8.07. The molecule has 0 saturated heterocycles. The van der Waals surface area contributed by atoms with Gasteiger partial charge in [-0.15, -0.1) is 0 Å². The summed E-state index contributed by atoms with van der Waals surface area (Å²) in [4.78, 5) is 27.6. The van der Waals surface area contributed by atoms with Crippen molar-refractivity contribution in [3.63, 3.8) is 0 Å². The van der Waals surface area contributed by atoms with E-state index in [-0.39, 0.29) is 17.0 Å². The molecule has 120 valence electrons. The minimum atomic E-state index is -0.350. The Morgan fingerprint density at radius 1 is 1.17 bits per heavy atom. The van der Waals surface area contributed by atoms with Crippen LogP contribution < -0.4 is 10.9 Å². The molecule has 1 amide bonds. The highest BCUT2D eigenvalue weighted by atomic mass is 16.2. The Hall–Kier alpha value is -2.36. The van der Waals surface area contributed by atoms with Gasteiger partial charge in [0.2, 0.25) is 0 Å². The second-order valence-electron chi connectivity index (χ2n) is 6.69. The number of fused-ring (bicyclic) bond motifs is 1. The maximum absolute atomic E-state index is 12.5. The summed E-state index contributed by atoms with van der Waals surface area (Å²) in [5.74, 6) is 0.237. The summed E-state index contributed by atoms with van der Waals surface area (Å²) >= 11 is 0. The third-order valence-corrected chi connectivity index (χ3v) is 4.39. The molecule has 2 N–H and O–H groups in total. The summed E-state index contributed by atoms with van der Waals surface area (Å²) in [6, 6.07) is 7.61. The number of hydrogen-bond acceptors (Lipinski definition) is 2. The number of H-pyrrole nitrogens is 1. The molecule has 23 heavy (non-hydrogen) atoms. The van der Waals surface area contributed by atoms with E-state index in [4.69, 9.17) is 0 Å². The Labute approximate surface area is 135 Å². The average molecular weight is 310 g/mol. The lowest BCUT2D eigenvalue weighted by Crippen LogP contribution is -2.27. The lowest BCUT2D eigenvalue weighted by molar-refractivity contribution is 0.102. The molecule has 0 radical (unpaired) electrons. The van der Waals surface area contributed by atoms with Gasteiger partial charge in [0.15, 0.2) is 0 Å². The molecule has 2 aromatic rings. The molecule has 3 rings (SSSR count). The van der Waals surface area contributed by atoms with E-state index in [1.807, 2.05) is 32.0 Å². The number of aromatic nitrogens is 1. The summed E-state index contributed by atoms with van der Waals surface area (Å²) in [5.41, 5.74) is 4.84. The third kappa shape index (κ3) is 3.36. The molecule has 0 unspecified atom stereocenters. The maximum Gasteiger partial charge on any atom is 0.261 e. The Bertz CT molecular complexity index is 800. The van der Waals surface area contributed by atoms with Crippen LogP contribution in [0.2, 0.25) is 0 Å². The predicted octanol–water partition coefficient (Wildman–Crippen LogP) is 3.37. The minimum absolute atomic E-state index is 0.192. The van der Waals surface area contributed by atoms with Gasteiger partial charge in [-0.2, -0.15) is 0 Å². The Morgan fingerprint density at radius 3 is 2.57 bits per heavy atom. The Kier molecular flexibility index (Phi) is 4.07. The van der Waals surface area contributed by atoms with Crippen LogP contribution >= 0.6 is 0 Å². The van der Waals surface area contributed by atoms with Crippen LogP contribution in [0.25, 0.3) is 0 Å². The molecule has 4 nitrogen and oxygen atoms in total. The van der Waals surface area contributed by atoms with E-state index in [1.165, 1.54) is 0 Å². The molecule has 1 aromatic heterocycles. The second-order valence-corrected chi connectivity index (χ2v) is 6.69. The summed E-state index contributed by atoms with van der Waals surface area (Å²) in [6.07, 6.45) is 2.87. The van der Waals surface area contributed by atoms with Crippen LogP contribution in [0.5, 0.6) is 0 Å². The zero-order valence-electron chi connectivity index (χ0n) is 13.8. The molecular weight excluding hydrogens is 288 g/mol. The van der Waals surface area contributed by atoms with E-state index >= 15 is 0 Å². The number of aryl methyl sites for hydroxylation is 3. The van der Waals surface area contributed by atoms with Gasteiger partial charge in [0.25, 0.3) is 11.5 Å². The van der Waals surface area contributed by atoms with Crippen molar-refractivity contribution in [2.75, 3.05) is 5.32 Å². The predicted molar refractivity (Wildman–Crippen MR) is 92.1 cm³/mol. The molecule has 1 heterocycles. The van der Waals surface area contributed by atoms with Gasteiger partial charge >= 0.3 is 0 Å². The van der Waals surface area contributed by atoms with E-state index in [0.29, 0.717) is 5.92 Å². The number of aromatic amines is 1. The van der Waals surface area contributed by atoms with Crippen molar-refractivity contribution in [3.8, 4) is 0 Å². The molecule has 0 aliphatic heterocycles. The van der Waals surface area contributed by atoms with Gasteiger partial charge < -0.3 is 10.3 Å². The zero-order valence-corrected chi connectivity index (χ0v) is 13.8. The van der Waals surface area contributed by atoms with Crippen molar-refractivity contribution in [1.29, 1.82) is 0 Å². The first kappa shape index (κ1) is 15.5. The molecule has 0 bridgehead atoms. The van der Waals surface area contributed by atoms with Gasteiger partial charge in [-0.05, 0) is 73.9 Å². The lowest BCUT2D eigenvalue weighted by Gasteiger charge is -2.21. The highest BCUT2D eigenvalue weighted by Crippen LogP contribution is 2.23. The summed E-state index contributed by atoms with van der Waals surface area (Å²) < 4.78 is 0. The molecule has 1 aliphatic rings. The number of rotatable bonds is 2. The number of anilines is 1. The summed E-state index contributed by atoms with van der Waals surface area (Å²) in [7, 11) is 0. The first-order chi connectivity index (χ1) is 10.9. The van der Waals surface area contributed by atoms with Gasteiger partial charge in [0, 0.05) is 11.4 Å². The summed E-state index contributed by atoms with van der Waals surface area (Å²) in [5, 5.41) is 2.84. The maximum atomic E-state index is 12.5. The summed E-state index contributed by atoms with van der Waals surface area (Å²) in [6.45, 7) is 6.16. The number of amides is 1. The molecule has 0 fully saturated rings. The van der Waals surface area contributed by atoms with Crippen molar-refractivity contribution in [3.05, 3.63) is 62.6 Å². The Balaban J connectivity index is 1.90. The first-order valence-corrected chi connectivity index (χ1v) is 8.07. The van der Waals surface area contributed by atoms with E-state index in [0.717, 1.165) is 47.3 Å². The topological polar surface area (TPSA) is 62.0 Å². The highest BCUT2D eigenvalue weighted by Gasteiger charge is 2.20. The number of carbonyl (C=O) groups is 1. The van der Waals surface area contributed by atoms with Gasteiger partial charge in [-0.25, -0.2) is 0 Å². The normalized spacial score (nSPS) is 16.7. The number of pyridine rings is 1. The minimum Gasteiger partial charge on any atom is -0.325 e. The largest absolute Gasteiger partial charge is 0.325 e. The standard InChI is InChI=1S/C19H22N2O2/c1-11-4-5-17-14(7-11)10-16(19(23)21-17)18(22)20-15-8-12(2)6-13(3)9-15/h6,8-11H,4-5,7H2,1-3H3,(H,20,22)(H,21,23)/t11-/m0/s1. The molecule has 1 atom stereocenters. The lowest BCUT2D eigenvalue weighted by atomic mass is 9.87. The Morgan fingerprint density at radius 2 is 1.87 bits per heavy atom. The fraction of sp³-hybridized carbons (Fsp3) is 0.368. The molecule has 4 heteroatoms. The van der Waals surface area contributed by atoms with Crippen molar-refractivity contribution in [2.45, 2.75) is 40.0 Å². The van der Waals surface area contributed by atoms with Gasteiger partial charge in [0.1, 0.15) is 5.56 Å². The number of carbonyl (C=O) groups excluding carboxylic acids is 1. The fourth-order valence-electron chi connectivity index (χ4n) is 3.30. The van der Waals surface area contributed by atoms with Crippen molar-refractivity contribution in [2.24, 2.45) is 5.92 Å². The fourth-order valence-corrected chi connectivity index (χ4v) is 3.30. The van der Waals surface area contributed by atoms with Crippen LogP contribution in [-0.4, -0.2) is 10.9 Å². The van der Waals surface area contributed by atoms with Gasteiger partial charge in [0.05, 0.1) is 0 Å². The van der Waals surface area contributed by atoms with Gasteiger partial charge in [-0.3, -0.25) is 9.59 Å². The van der Waals surface area contributed by atoms with E-state index in [9.17, 15) is 9.59 Å². The van der Waals surface area contributed by atoms with E-state index in [2.05, 4.69) is 17.2 Å². The second kappa shape index (κ2) is 6.03. The molecule has 0 saturated carbocycles. The number of nitrogens with one attached hydrogen (secondary N) is 2. The van der Waals surface area contributed by atoms with Crippen molar-refractivity contribution < 1.29 is 4.79 Å². The van der Waals surface area contributed by atoms with Crippen LogP contribution in [0.4, 0.5) is 5.69 Å². The highest BCUT2D eigenvalue weighted by molar-refractivity contribution is 6.04. The zero-order chi connectivity index (χ0) is 16.6. The van der Waals surface area contributed by atoms with E-state index in [1.54, 1.807) is 6.07 Å². The van der Waals surface area contributed by atoms with Crippen LogP contribution in [0.3, 0.4) is 0 Å². The molecular formula is C19H22N2O2. The SMILES string of the molecule is Cc1cc(C)cc(NC(=O)c2cc3c([nH]c2=O)CC[C@H](C)C3)c1. The van der Waals surface area contributed by atoms with Crippen LogP contribution in [0.1, 0.15) is 46.1 Å². The number of benzene rings is 1. The molecule has 1 aliphatic carbocycles. The van der Waals surface area contributed by atoms with Crippen molar-refractivity contribution in [1.82, 2.24) is 4.98 Å². The smallest absolute Gasteiger partial charge is 0.261 e. The monoisotopic (exact) mass is 310 g/mol. The average Bonchev–Trinajstić information content (AvgIpc) is 2.45. The molecule has 0 spiro atoms. The quantitative estimate of drug-likeness (QED) is 0.893. The van der Waals surface area contributed by atoms with Crippen molar-refractivity contribution >= 4 is 11.6 Å². The third-order valence-electron chi connectivity index (χ3n) is 4.39. The van der Waals surface area contributed by atoms with Crippen LogP contribution in [0, 0.1) is 19.8 Å². The van der Waals surface area contributed by atoms with Crippen LogP contribution in [-0.2, 0) is 12.8 Å². The van der Waals surface area contributed by atoms with Crippen LogP contribution in [0.15, 0.2) is 29.1 Å². The molecule has 1 aromatic carbocycles. The van der Waals surface area contributed by atoms with E-state index < -0.39 is 0 Å².